The Morgan fingerprint density at radius 3 is 2.42 bits per heavy atom. The van der Waals surface area contributed by atoms with Crippen LogP contribution in [-0.4, -0.2) is 34.6 Å². The van der Waals surface area contributed by atoms with Crippen molar-refractivity contribution in [1.29, 1.82) is 0 Å². The molecule has 0 radical (unpaired) electrons. The lowest BCUT2D eigenvalue weighted by Crippen LogP contribution is -2.36. The molecule has 0 aliphatic carbocycles. The highest BCUT2D eigenvalue weighted by Gasteiger charge is 2.22. The normalized spacial score (nSPS) is 11.9. The highest BCUT2D eigenvalue weighted by atomic mass is 19.1. The van der Waals surface area contributed by atoms with E-state index in [1.807, 2.05) is 20.8 Å². The van der Waals surface area contributed by atoms with Crippen LogP contribution < -0.4 is 5.69 Å². The molecule has 0 spiro atoms. The second-order valence-corrected chi connectivity index (χ2v) is 6.48. The van der Waals surface area contributed by atoms with Crippen LogP contribution in [0.5, 0.6) is 0 Å². The third-order valence-electron chi connectivity index (χ3n) is 3.59. The van der Waals surface area contributed by atoms with Crippen molar-refractivity contribution in [2.45, 2.75) is 39.8 Å². The first-order chi connectivity index (χ1) is 11.3. The van der Waals surface area contributed by atoms with E-state index in [1.54, 1.807) is 19.1 Å². The number of rotatable bonds is 3. The fourth-order valence-electron chi connectivity index (χ4n) is 2.34. The Kier molecular flexibility index (Phi) is 3.78. The minimum Gasteiger partial charge on any atom is -0.271 e. The first-order valence-corrected chi connectivity index (χ1v) is 7.47. The van der Waals surface area contributed by atoms with Crippen LogP contribution in [0.2, 0.25) is 0 Å². The second kappa shape index (κ2) is 5.66. The summed E-state index contributed by atoms with van der Waals surface area (Å²) >= 11 is 0. The summed E-state index contributed by atoms with van der Waals surface area (Å²) in [6.45, 7) is 7.66. The summed E-state index contributed by atoms with van der Waals surface area (Å²) in [5, 5.41) is 15.9. The highest BCUT2D eigenvalue weighted by Crippen LogP contribution is 2.12. The average Bonchev–Trinajstić information content (AvgIpc) is 3.07. The topological polar surface area (TPSA) is 83.4 Å². The Morgan fingerprint density at radius 2 is 1.83 bits per heavy atom. The van der Waals surface area contributed by atoms with Gasteiger partial charge in [0.25, 0.3) is 0 Å². The molecule has 0 saturated carbocycles. The van der Waals surface area contributed by atoms with Crippen LogP contribution in [0, 0.1) is 12.7 Å². The number of hydrogen-bond donors (Lipinski definition) is 0. The standard InChI is InChI=1S/C15H18FN7O/c1-10-18-23(15(2,3)4)14(24)21(10)9-13-17-19-20-22(13)12-7-5-11(16)6-8-12/h5-8H,9H2,1-4H3. The summed E-state index contributed by atoms with van der Waals surface area (Å²) < 4.78 is 17.5. The number of aromatic nitrogens is 7. The molecule has 2 heterocycles. The number of aryl methyl sites for hydroxylation is 1. The van der Waals surface area contributed by atoms with Crippen molar-refractivity contribution in [3.63, 3.8) is 0 Å². The van der Waals surface area contributed by atoms with Crippen LogP contribution >= 0.6 is 0 Å². The number of tetrazole rings is 1. The van der Waals surface area contributed by atoms with Crippen LogP contribution in [0.15, 0.2) is 29.1 Å². The quantitative estimate of drug-likeness (QED) is 0.722. The first kappa shape index (κ1) is 16.0. The Bertz CT molecular complexity index is 915. The number of hydrogen-bond acceptors (Lipinski definition) is 5. The van der Waals surface area contributed by atoms with E-state index in [4.69, 9.17) is 0 Å². The van der Waals surface area contributed by atoms with Gasteiger partial charge in [0.05, 0.1) is 17.8 Å². The lowest BCUT2D eigenvalue weighted by Gasteiger charge is -2.16. The summed E-state index contributed by atoms with van der Waals surface area (Å²) in [7, 11) is 0. The van der Waals surface area contributed by atoms with Crippen LogP contribution in [-0.2, 0) is 12.1 Å². The molecule has 24 heavy (non-hydrogen) atoms. The van der Waals surface area contributed by atoms with E-state index in [1.165, 1.54) is 26.1 Å². The Labute approximate surface area is 137 Å². The molecule has 0 saturated heterocycles. The summed E-state index contributed by atoms with van der Waals surface area (Å²) in [4.78, 5) is 12.6. The lowest BCUT2D eigenvalue weighted by molar-refractivity contribution is 0.340. The van der Waals surface area contributed by atoms with Gasteiger partial charge in [-0.2, -0.15) is 9.78 Å². The van der Waals surface area contributed by atoms with Gasteiger partial charge in [-0.25, -0.2) is 13.9 Å². The lowest BCUT2D eigenvalue weighted by atomic mass is 10.1. The third kappa shape index (κ3) is 2.84. The highest BCUT2D eigenvalue weighted by molar-refractivity contribution is 5.31. The maximum Gasteiger partial charge on any atom is 0.346 e. The van der Waals surface area contributed by atoms with E-state index in [9.17, 15) is 9.18 Å². The van der Waals surface area contributed by atoms with E-state index in [0.717, 1.165) is 0 Å². The van der Waals surface area contributed by atoms with Crippen LogP contribution in [0.1, 0.15) is 32.4 Å². The van der Waals surface area contributed by atoms with E-state index in [2.05, 4.69) is 20.6 Å². The van der Waals surface area contributed by atoms with Gasteiger partial charge in [0.1, 0.15) is 11.6 Å². The maximum absolute atomic E-state index is 13.1. The predicted molar refractivity (Wildman–Crippen MR) is 84.4 cm³/mol. The van der Waals surface area contributed by atoms with Crippen molar-refractivity contribution in [3.05, 3.63) is 52.2 Å². The average molecular weight is 331 g/mol. The molecule has 0 bridgehead atoms. The number of halogens is 1. The molecular weight excluding hydrogens is 313 g/mol. The molecule has 0 aliphatic heterocycles. The van der Waals surface area contributed by atoms with Gasteiger partial charge < -0.3 is 0 Å². The largest absolute Gasteiger partial charge is 0.346 e. The third-order valence-corrected chi connectivity index (χ3v) is 3.59. The molecule has 3 aromatic rings. The fourth-order valence-corrected chi connectivity index (χ4v) is 2.34. The minimum atomic E-state index is -0.421. The summed E-state index contributed by atoms with van der Waals surface area (Å²) in [6.07, 6.45) is 0. The van der Waals surface area contributed by atoms with Crippen LogP contribution in [0.25, 0.3) is 5.69 Å². The molecule has 9 heteroatoms. The zero-order valence-corrected chi connectivity index (χ0v) is 13.9. The van der Waals surface area contributed by atoms with Crippen molar-refractivity contribution < 1.29 is 4.39 Å². The van der Waals surface area contributed by atoms with Gasteiger partial charge in [0.2, 0.25) is 0 Å². The van der Waals surface area contributed by atoms with Gasteiger partial charge in [-0.1, -0.05) is 0 Å². The van der Waals surface area contributed by atoms with E-state index in [-0.39, 0.29) is 18.1 Å². The van der Waals surface area contributed by atoms with Crippen LogP contribution in [0.4, 0.5) is 4.39 Å². The Morgan fingerprint density at radius 1 is 1.17 bits per heavy atom. The van der Waals surface area contributed by atoms with Crippen molar-refractivity contribution >= 4 is 0 Å². The van der Waals surface area contributed by atoms with E-state index in [0.29, 0.717) is 17.3 Å². The van der Waals surface area contributed by atoms with Crippen molar-refractivity contribution in [3.8, 4) is 5.69 Å². The molecule has 0 amide bonds. The van der Waals surface area contributed by atoms with Crippen LogP contribution in [0.3, 0.4) is 0 Å². The number of nitrogens with zero attached hydrogens (tertiary/aromatic N) is 7. The van der Waals surface area contributed by atoms with Crippen molar-refractivity contribution in [2.75, 3.05) is 0 Å². The summed E-state index contributed by atoms with van der Waals surface area (Å²) in [6, 6.07) is 5.80. The molecular formula is C15H18FN7O. The zero-order chi connectivity index (χ0) is 17.5. The summed E-state index contributed by atoms with van der Waals surface area (Å²) in [5.74, 6) is 0.691. The molecule has 1 aromatic carbocycles. The smallest absolute Gasteiger partial charge is 0.271 e. The zero-order valence-electron chi connectivity index (χ0n) is 13.9. The fraction of sp³-hybridized carbons (Fsp3) is 0.400. The van der Waals surface area contributed by atoms with E-state index >= 15 is 0 Å². The monoisotopic (exact) mass is 331 g/mol. The molecule has 0 N–H and O–H groups in total. The molecule has 126 valence electrons. The Balaban J connectivity index is 2.00. The molecule has 0 atom stereocenters. The maximum atomic E-state index is 13.1. The number of benzene rings is 1. The summed E-state index contributed by atoms with van der Waals surface area (Å²) in [5.41, 5.74) is -0.0327. The van der Waals surface area contributed by atoms with Gasteiger partial charge >= 0.3 is 5.69 Å². The molecule has 8 nitrogen and oxygen atoms in total. The predicted octanol–water partition coefficient (Wildman–Crippen LogP) is 1.27. The molecule has 0 unspecified atom stereocenters. The van der Waals surface area contributed by atoms with Gasteiger partial charge in [-0.15, -0.1) is 5.10 Å². The SMILES string of the molecule is Cc1nn(C(C)(C)C)c(=O)n1Cc1nnnn1-c1ccc(F)cc1. The molecule has 0 fully saturated rings. The Hall–Kier alpha value is -2.84. The first-order valence-electron chi connectivity index (χ1n) is 7.47. The molecule has 3 rings (SSSR count). The molecule has 2 aromatic heterocycles. The molecule has 0 aliphatic rings. The van der Waals surface area contributed by atoms with Gasteiger partial charge in [0, 0.05) is 0 Å². The minimum absolute atomic E-state index is 0.172. The van der Waals surface area contributed by atoms with Gasteiger partial charge in [-0.05, 0) is 62.4 Å². The van der Waals surface area contributed by atoms with Crippen molar-refractivity contribution in [2.24, 2.45) is 0 Å². The van der Waals surface area contributed by atoms with E-state index < -0.39 is 5.54 Å². The second-order valence-electron chi connectivity index (χ2n) is 6.48. The van der Waals surface area contributed by atoms with Gasteiger partial charge in [0.15, 0.2) is 5.82 Å². The van der Waals surface area contributed by atoms with Crippen molar-refractivity contribution in [1.82, 2.24) is 34.6 Å². The van der Waals surface area contributed by atoms with Gasteiger partial charge in [-0.3, -0.25) is 4.57 Å².